The van der Waals surface area contributed by atoms with Crippen molar-refractivity contribution in [1.29, 1.82) is 5.26 Å². The molecule has 0 N–H and O–H groups in total. The summed E-state index contributed by atoms with van der Waals surface area (Å²) in [5, 5.41) is 8.37. The highest BCUT2D eigenvalue weighted by molar-refractivity contribution is 5.41. The van der Waals surface area contributed by atoms with Crippen molar-refractivity contribution in [3.8, 4) is 18.4 Å². The lowest BCUT2D eigenvalue weighted by molar-refractivity contribution is -0.0887. The van der Waals surface area contributed by atoms with E-state index in [1.54, 1.807) is 0 Å². The Morgan fingerprint density at radius 2 is 1.86 bits per heavy atom. The number of nitrogens with zero attached hydrogens (tertiary/aromatic N) is 1. The van der Waals surface area contributed by atoms with Gasteiger partial charge in [0.1, 0.15) is 0 Å². The summed E-state index contributed by atoms with van der Waals surface area (Å²) in [6, 6.07) is 1.45. The van der Waals surface area contributed by atoms with Gasteiger partial charge in [-0.2, -0.15) is 18.4 Å². The molecule has 0 aliphatic carbocycles. The molecule has 0 aromatic heterocycles. The number of hydrogen-bond donors (Lipinski definition) is 0. The first-order valence-corrected chi connectivity index (χ1v) is 3.66. The van der Waals surface area contributed by atoms with Crippen LogP contribution in [-0.2, 0) is 0 Å². The van der Waals surface area contributed by atoms with Crippen molar-refractivity contribution in [3.63, 3.8) is 0 Å². The average molecular weight is 199 g/mol. The molecule has 74 valence electrons. The highest BCUT2D eigenvalue weighted by Gasteiger charge is 2.33. The summed E-state index contributed by atoms with van der Waals surface area (Å²) in [5.74, 6) is 2.06. The largest absolute Gasteiger partial charge is 0.417 e. The van der Waals surface area contributed by atoms with Gasteiger partial charge < -0.3 is 0 Å². The third-order valence-electron chi connectivity index (χ3n) is 1.47. The number of hydrogen-bond acceptors (Lipinski definition) is 1. The molecule has 0 amide bonds. The Kier molecular flexibility index (Phi) is 3.98. The van der Waals surface area contributed by atoms with Gasteiger partial charge in [-0.05, 0) is 25.5 Å². The molecule has 0 fully saturated rings. The zero-order valence-electron chi connectivity index (χ0n) is 7.74. The molecular weight excluding hydrogens is 191 g/mol. The van der Waals surface area contributed by atoms with Crippen molar-refractivity contribution in [2.75, 3.05) is 0 Å². The second kappa shape index (κ2) is 4.53. The Morgan fingerprint density at radius 1 is 1.36 bits per heavy atom. The van der Waals surface area contributed by atoms with E-state index in [-0.39, 0.29) is 5.57 Å². The molecule has 0 saturated heterocycles. The zero-order chi connectivity index (χ0) is 11.4. The van der Waals surface area contributed by atoms with Crippen molar-refractivity contribution < 1.29 is 13.2 Å². The van der Waals surface area contributed by atoms with Crippen molar-refractivity contribution in [1.82, 2.24) is 0 Å². The Bertz CT molecular complexity index is 358. The van der Waals surface area contributed by atoms with E-state index in [9.17, 15) is 13.2 Å². The van der Waals surface area contributed by atoms with E-state index < -0.39 is 17.3 Å². The molecular formula is C10H8F3N. The number of allylic oxidation sites excluding steroid dienone is 4. The smallest absolute Gasteiger partial charge is 0.193 e. The van der Waals surface area contributed by atoms with E-state index >= 15 is 0 Å². The molecule has 1 nitrogen and oxygen atoms in total. The predicted octanol–water partition coefficient (Wildman–Crippen LogP) is 2.97. The summed E-state index contributed by atoms with van der Waals surface area (Å²) in [5.41, 5.74) is -1.26. The van der Waals surface area contributed by atoms with E-state index in [0.717, 1.165) is 13.0 Å². The maximum absolute atomic E-state index is 12.3. The molecule has 0 rings (SSSR count). The number of halogens is 3. The van der Waals surface area contributed by atoms with Gasteiger partial charge in [0, 0.05) is 5.57 Å². The molecule has 0 aromatic carbocycles. The van der Waals surface area contributed by atoms with Crippen molar-refractivity contribution >= 4 is 0 Å². The minimum absolute atomic E-state index is 0.131. The van der Waals surface area contributed by atoms with Crippen LogP contribution in [0.1, 0.15) is 13.8 Å². The Balaban J connectivity index is 5.44. The maximum atomic E-state index is 12.3. The normalized spacial score (nSPS) is 14.1. The van der Waals surface area contributed by atoms with Crippen LogP contribution in [0.25, 0.3) is 0 Å². The molecule has 0 aliphatic rings. The molecule has 4 heteroatoms. The Labute approximate surface area is 80.5 Å². The fourth-order valence-electron chi connectivity index (χ4n) is 0.721. The first-order chi connectivity index (χ1) is 6.32. The van der Waals surface area contributed by atoms with Crippen LogP contribution in [0.2, 0.25) is 0 Å². The average Bonchev–Trinajstić information content (AvgIpc) is 2.10. The number of terminal acetylenes is 1. The summed E-state index contributed by atoms with van der Waals surface area (Å²) in [7, 11) is 0. The van der Waals surface area contributed by atoms with E-state index in [0.29, 0.717) is 0 Å². The van der Waals surface area contributed by atoms with Gasteiger partial charge in [0.05, 0.1) is 11.6 Å². The standard InChI is InChI=1S/C10H8F3N/c1-4-7(2)5-9(8(3)6-14)10(11,12)13/h1,5H,2-3H3/b7-5-,9-8-. The third-order valence-corrected chi connectivity index (χ3v) is 1.47. The molecule has 0 unspecified atom stereocenters. The minimum Gasteiger partial charge on any atom is -0.193 e. The van der Waals surface area contributed by atoms with Gasteiger partial charge in [-0.15, -0.1) is 6.42 Å². The van der Waals surface area contributed by atoms with Crippen LogP contribution in [0.4, 0.5) is 13.2 Å². The zero-order valence-corrected chi connectivity index (χ0v) is 7.74. The van der Waals surface area contributed by atoms with Crippen LogP contribution in [0.5, 0.6) is 0 Å². The van der Waals surface area contributed by atoms with Gasteiger partial charge in [-0.1, -0.05) is 5.92 Å². The van der Waals surface area contributed by atoms with Crippen LogP contribution < -0.4 is 0 Å². The fraction of sp³-hybridized carbons (Fsp3) is 0.300. The number of nitriles is 1. The van der Waals surface area contributed by atoms with Gasteiger partial charge in [-0.25, -0.2) is 0 Å². The first-order valence-electron chi connectivity index (χ1n) is 3.66. The number of rotatable bonds is 1. The second-order valence-electron chi connectivity index (χ2n) is 2.62. The van der Waals surface area contributed by atoms with Gasteiger partial charge in [-0.3, -0.25) is 0 Å². The molecule has 0 heterocycles. The maximum Gasteiger partial charge on any atom is 0.417 e. The summed E-state index contributed by atoms with van der Waals surface area (Å²) in [6.45, 7) is 2.47. The molecule has 0 spiro atoms. The highest BCUT2D eigenvalue weighted by Crippen LogP contribution is 2.29. The predicted molar refractivity (Wildman–Crippen MR) is 47.0 cm³/mol. The Hall–Kier alpha value is -1.68. The molecule has 14 heavy (non-hydrogen) atoms. The van der Waals surface area contributed by atoms with Gasteiger partial charge in [0.15, 0.2) is 0 Å². The summed E-state index contributed by atoms with van der Waals surface area (Å²) < 4.78 is 37.0. The van der Waals surface area contributed by atoms with Crippen molar-refractivity contribution in [3.05, 3.63) is 22.8 Å². The summed E-state index contributed by atoms with van der Waals surface area (Å²) in [4.78, 5) is 0. The van der Waals surface area contributed by atoms with Crippen LogP contribution in [0.15, 0.2) is 22.8 Å². The second-order valence-corrected chi connectivity index (χ2v) is 2.62. The SMILES string of the molecule is C#C/C(C)=C\C(=C(/C)C#N)C(F)(F)F. The monoisotopic (exact) mass is 199 g/mol. The van der Waals surface area contributed by atoms with E-state index in [2.05, 4.69) is 5.92 Å². The van der Waals surface area contributed by atoms with E-state index in [1.807, 2.05) is 0 Å². The summed E-state index contributed by atoms with van der Waals surface area (Å²) in [6.07, 6.45) is 1.16. The molecule has 0 aromatic rings. The van der Waals surface area contributed by atoms with Gasteiger partial charge in [0.25, 0.3) is 0 Å². The highest BCUT2D eigenvalue weighted by atomic mass is 19.4. The molecule has 0 atom stereocenters. The van der Waals surface area contributed by atoms with Crippen LogP contribution in [0.3, 0.4) is 0 Å². The van der Waals surface area contributed by atoms with Crippen molar-refractivity contribution in [2.45, 2.75) is 20.0 Å². The van der Waals surface area contributed by atoms with Crippen LogP contribution in [-0.4, -0.2) is 6.18 Å². The van der Waals surface area contributed by atoms with Gasteiger partial charge in [0.2, 0.25) is 0 Å². The lowest BCUT2D eigenvalue weighted by atomic mass is 10.1. The third kappa shape index (κ3) is 3.37. The molecule has 0 saturated carbocycles. The molecule has 0 bridgehead atoms. The van der Waals surface area contributed by atoms with Gasteiger partial charge >= 0.3 is 6.18 Å². The van der Waals surface area contributed by atoms with Crippen LogP contribution >= 0.6 is 0 Å². The fourth-order valence-corrected chi connectivity index (χ4v) is 0.721. The molecule has 0 aliphatic heterocycles. The Morgan fingerprint density at radius 3 is 2.14 bits per heavy atom. The quantitative estimate of drug-likeness (QED) is 0.362. The van der Waals surface area contributed by atoms with Crippen LogP contribution in [0, 0.1) is 23.7 Å². The van der Waals surface area contributed by atoms with E-state index in [4.69, 9.17) is 11.7 Å². The van der Waals surface area contributed by atoms with Crippen molar-refractivity contribution in [2.24, 2.45) is 0 Å². The lowest BCUT2D eigenvalue weighted by Crippen LogP contribution is -2.12. The first kappa shape index (κ1) is 12.3. The topological polar surface area (TPSA) is 23.8 Å². The van der Waals surface area contributed by atoms with E-state index in [1.165, 1.54) is 13.0 Å². The minimum atomic E-state index is -4.54. The molecule has 0 radical (unpaired) electrons. The number of alkyl halides is 3. The summed E-state index contributed by atoms with van der Waals surface area (Å²) >= 11 is 0. The lowest BCUT2D eigenvalue weighted by Gasteiger charge is -2.08.